The number of hydrogen-bond acceptors (Lipinski definition) is 3. The van der Waals surface area contributed by atoms with Gasteiger partial charge in [-0.1, -0.05) is 18.2 Å². The molecule has 0 radical (unpaired) electrons. The fourth-order valence-corrected chi connectivity index (χ4v) is 4.76. The second kappa shape index (κ2) is 7.34. The maximum atomic E-state index is 13.6. The molecule has 0 spiro atoms. The Labute approximate surface area is 157 Å². The second-order valence-electron chi connectivity index (χ2n) is 6.37. The topological polar surface area (TPSA) is 60.2 Å². The molecule has 0 saturated carbocycles. The number of halogens is 2. The van der Waals surface area contributed by atoms with Crippen molar-refractivity contribution in [3.05, 3.63) is 78.0 Å². The Bertz CT molecular complexity index is 1010. The van der Waals surface area contributed by atoms with E-state index in [2.05, 4.69) is 0 Å². The molecule has 4 nitrogen and oxygen atoms in total. The van der Waals surface area contributed by atoms with Crippen molar-refractivity contribution >= 4 is 15.7 Å². The van der Waals surface area contributed by atoms with Gasteiger partial charge >= 0.3 is 10.0 Å². The van der Waals surface area contributed by atoms with E-state index in [9.17, 15) is 17.2 Å². The van der Waals surface area contributed by atoms with Crippen LogP contribution in [-0.2, 0) is 10.0 Å². The molecule has 0 bridgehead atoms. The minimum atomic E-state index is -3.59. The van der Waals surface area contributed by atoms with E-state index >= 15 is 0 Å². The highest BCUT2D eigenvalue weighted by atomic mass is 32.2. The molecule has 0 amide bonds. The number of quaternary nitrogens is 1. The van der Waals surface area contributed by atoms with Gasteiger partial charge in [0.25, 0.3) is 0 Å². The molecule has 0 fully saturated rings. The summed E-state index contributed by atoms with van der Waals surface area (Å²) in [6.45, 7) is 2.03. The quantitative estimate of drug-likeness (QED) is 0.791. The van der Waals surface area contributed by atoms with Gasteiger partial charge in [0.05, 0.1) is 5.75 Å². The zero-order chi connectivity index (χ0) is 19.7. The van der Waals surface area contributed by atoms with Gasteiger partial charge in [0.1, 0.15) is 24.4 Å². The summed E-state index contributed by atoms with van der Waals surface area (Å²) >= 11 is 0. The van der Waals surface area contributed by atoms with Gasteiger partial charge in [0.15, 0.2) is 5.69 Å². The van der Waals surface area contributed by atoms with Crippen LogP contribution in [0.25, 0.3) is 11.1 Å². The van der Waals surface area contributed by atoms with Crippen LogP contribution in [0.2, 0.25) is 0 Å². The summed E-state index contributed by atoms with van der Waals surface area (Å²) < 4.78 is 52.9. The third-order valence-electron chi connectivity index (χ3n) is 4.66. The summed E-state index contributed by atoms with van der Waals surface area (Å²) in [6.07, 6.45) is 5.24. The third kappa shape index (κ3) is 3.58. The van der Waals surface area contributed by atoms with Crippen LogP contribution in [0.1, 0.15) is 6.92 Å². The molecule has 0 saturated heterocycles. The van der Waals surface area contributed by atoms with Gasteiger partial charge in [-0.2, -0.15) is 12.3 Å². The summed E-state index contributed by atoms with van der Waals surface area (Å²) in [7, 11) is -3.59. The lowest BCUT2D eigenvalue weighted by Crippen LogP contribution is -2.51. The van der Waals surface area contributed by atoms with Crippen LogP contribution in [0.3, 0.4) is 0 Å². The van der Waals surface area contributed by atoms with Crippen molar-refractivity contribution < 1.29 is 17.2 Å². The lowest BCUT2D eigenvalue weighted by molar-refractivity contribution is 0.511. The molecule has 1 heterocycles. The van der Waals surface area contributed by atoms with E-state index < -0.39 is 25.5 Å². The van der Waals surface area contributed by atoms with Crippen LogP contribution in [0.5, 0.6) is 0 Å². The molecule has 2 N–H and O–H groups in total. The fourth-order valence-electron chi connectivity index (χ4n) is 3.25. The molecule has 7 heteroatoms. The minimum Gasteiger partial charge on any atom is -0.326 e. The molecule has 1 unspecified atom stereocenters. The maximum absolute atomic E-state index is 13.6. The maximum Gasteiger partial charge on any atom is 0.306 e. The summed E-state index contributed by atoms with van der Waals surface area (Å²) in [5.41, 5.74) is 7.82. The van der Waals surface area contributed by atoms with Crippen molar-refractivity contribution in [2.45, 2.75) is 6.92 Å². The van der Waals surface area contributed by atoms with Gasteiger partial charge in [0.2, 0.25) is 0 Å². The Balaban J connectivity index is 2.21. The highest BCUT2D eigenvalue weighted by Gasteiger charge is 2.42. The SMILES string of the molecule is CCS(=O)(=O)[N+]1(c2cccc(-c3cc(F)cc(F)c3)c2)C=C(CN)C=CC1. The highest BCUT2D eigenvalue weighted by molar-refractivity contribution is 7.91. The molecular weight excluding hydrogens is 370 g/mol. The lowest BCUT2D eigenvalue weighted by Gasteiger charge is -2.34. The van der Waals surface area contributed by atoms with Crippen molar-refractivity contribution in [2.24, 2.45) is 5.73 Å². The summed E-state index contributed by atoms with van der Waals surface area (Å²) in [5, 5.41) is 0. The molecule has 0 aromatic heterocycles. The Hall–Kier alpha value is -2.35. The molecule has 0 aliphatic carbocycles. The van der Waals surface area contributed by atoms with E-state index in [-0.39, 0.29) is 18.8 Å². The van der Waals surface area contributed by atoms with E-state index in [4.69, 9.17) is 5.73 Å². The molecule has 1 aliphatic rings. The van der Waals surface area contributed by atoms with Crippen LogP contribution in [0.15, 0.2) is 66.4 Å². The van der Waals surface area contributed by atoms with Crippen LogP contribution in [0.4, 0.5) is 14.5 Å². The first-order valence-electron chi connectivity index (χ1n) is 8.57. The first-order chi connectivity index (χ1) is 12.8. The molecule has 3 rings (SSSR count). The number of benzene rings is 2. The number of rotatable bonds is 5. The standard InChI is InChI=1S/C20H21F2N2O2S/c1-2-27(25,26)24(8-4-5-15(13-23)14-24)20-7-3-6-16(11-20)17-9-18(21)12-19(22)10-17/h3-7,9-12,14H,2,8,13,23H2,1H3/q+1. The van der Waals surface area contributed by atoms with Crippen molar-refractivity contribution in [3.63, 3.8) is 0 Å². The van der Waals surface area contributed by atoms with Gasteiger partial charge < -0.3 is 5.73 Å². The average Bonchev–Trinajstić information content (AvgIpc) is 2.67. The smallest absolute Gasteiger partial charge is 0.306 e. The Kier molecular flexibility index (Phi) is 5.28. The van der Waals surface area contributed by atoms with Crippen LogP contribution in [0, 0.1) is 11.6 Å². The fraction of sp³-hybridized carbons (Fsp3) is 0.200. The normalized spacial score (nSPS) is 19.8. The Morgan fingerprint density at radius 1 is 1.07 bits per heavy atom. The molecule has 2 aromatic rings. The van der Waals surface area contributed by atoms with E-state index in [0.29, 0.717) is 22.4 Å². The monoisotopic (exact) mass is 391 g/mol. The van der Waals surface area contributed by atoms with Crippen LogP contribution < -0.4 is 9.62 Å². The van der Waals surface area contributed by atoms with Crippen LogP contribution >= 0.6 is 0 Å². The number of nitrogens with zero attached hydrogens (tertiary/aromatic N) is 1. The van der Waals surface area contributed by atoms with Crippen molar-refractivity contribution in [1.82, 2.24) is 3.89 Å². The van der Waals surface area contributed by atoms with Crippen molar-refractivity contribution in [3.8, 4) is 11.1 Å². The molecule has 2 aromatic carbocycles. The molecule has 1 atom stereocenters. The largest absolute Gasteiger partial charge is 0.326 e. The van der Waals surface area contributed by atoms with E-state index in [1.807, 2.05) is 6.08 Å². The lowest BCUT2D eigenvalue weighted by atomic mass is 10.0. The van der Waals surface area contributed by atoms with Gasteiger partial charge in [-0.25, -0.2) is 8.78 Å². The van der Waals surface area contributed by atoms with Gasteiger partial charge in [0, 0.05) is 30.3 Å². The van der Waals surface area contributed by atoms with Crippen LogP contribution in [-0.4, -0.2) is 27.3 Å². The Morgan fingerprint density at radius 3 is 2.41 bits per heavy atom. The molecular formula is C20H21F2N2O2S+. The first kappa shape index (κ1) is 19.4. The van der Waals surface area contributed by atoms with E-state index in [0.717, 1.165) is 6.07 Å². The van der Waals surface area contributed by atoms with Gasteiger partial charge in [-0.05, 0) is 36.3 Å². The average molecular weight is 391 g/mol. The second-order valence-corrected chi connectivity index (χ2v) is 8.76. The zero-order valence-corrected chi connectivity index (χ0v) is 15.7. The predicted octanol–water partition coefficient (Wildman–Crippen LogP) is 3.70. The minimum absolute atomic E-state index is 0.0615. The summed E-state index contributed by atoms with van der Waals surface area (Å²) in [5.74, 6) is -1.44. The molecule has 27 heavy (non-hydrogen) atoms. The number of hydrogen-bond donors (Lipinski definition) is 1. The highest BCUT2D eigenvalue weighted by Crippen LogP contribution is 2.35. The van der Waals surface area contributed by atoms with Gasteiger partial charge in [-0.3, -0.25) is 0 Å². The first-order valence-corrected chi connectivity index (χ1v) is 10.2. The van der Waals surface area contributed by atoms with Gasteiger partial charge in [-0.15, -0.1) is 0 Å². The number of sulfonamides is 1. The molecule has 1 aliphatic heterocycles. The molecule has 142 valence electrons. The van der Waals surface area contributed by atoms with Crippen molar-refractivity contribution in [1.29, 1.82) is 0 Å². The van der Waals surface area contributed by atoms with Crippen molar-refractivity contribution in [2.75, 3.05) is 18.8 Å². The summed E-state index contributed by atoms with van der Waals surface area (Å²) in [4.78, 5) is 0. The Morgan fingerprint density at radius 2 is 1.78 bits per heavy atom. The van der Waals surface area contributed by atoms with E-state index in [1.54, 1.807) is 43.5 Å². The van der Waals surface area contributed by atoms with E-state index in [1.165, 1.54) is 12.1 Å². The number of nitrogens with two attached hydrogens (primary N) is 1. The zero-order valence-electron chi connectivity index (χ0n) is 14.9. The predicted molar refractivity (Wildman–Crippen MR) is 104 cm³/mol. The summed E-state index contributed by atoms with van der Waals surface area (Å²) in [6, 6.07) is 9.99. The third-order valence-corrected chi connectivity index (χ3v) is 6.85.